The van der Waals surface area contributed by atoms with E-state index in [-0.39, 0.29) is 23.8 Å². The van der Waals surface area contributed by atoms with Gasteiger partial charge in [0.05, 0.1) is 12.8 Å². The number of aromatic nitrogens is 1. The molecule has 1 aliphatic heterocycles. The number of carbonyl (C=O) groups excluding carboxylic acids is 1. The van der Waals surface area contributed by atoms with Crippen LogP contribution >= 0.6 is 0 Å². The van der Waals surface area contributed by atoms with Crippen molar-refractivity contribution in [3.63, 3.8) is 0 Å². The minimum Gasteiger partial charge on any atom is -0.493 e. The highest BCUT2D eigenvalue weighted by Gasteiger charge is 2.29. The molecule has 3 rings (SSSR count). The number of rotatable bonds is 8. The first kappa shape index (κ1) is 21.7. The third-order valence-electron chi connectivity index (χ3n) is 4.73. The van der Waals surface area contributed by atoms with Crippen LogP contribution in [0.4, 0.5) is 24.7 Å². The number of ether oxygens (including phenoxy) is 2. The number of amides is 1. The van der Waals surface area contributed by atoms with Crippen LogP contribution in [0.25, 0.3) is 0 Å². The van der Waals surface area contributed by atoms with Crippen molar-refractivity contribution in [1.82, 2.24) is 4.98 Å². The molecule has 2 aromatic rings. The Morgan fingerprint density at radius 1 is 1.20 bits per heavy atom. The van der Waals surface area contributed by atoms with Gasteiger partial charge in [0.25, 0.3) is 0 Å². The van der Waals surface area contributed by atoms with Gasteiger partial charge in [-0.15, -0.1) is 0 Å². The molecule has 0 aliphatic carbocycles. The molecule has 9 heteroatoms. The Kier molecular flexibility index (Phi) is 7.02. The summed E-state index contributed by atoms with van der Waals surface area (Å²) in [5.41, 5.74) is 1.44. The van der Waals surface area contributed by atoms with E-state index >= 15 is 0 Å². The number of methoxy groups -OCH3 is 1. The summed E-state index contributed by atoms with van der Waals surface area (Å²) in [6, 6.07) is 8.23. The van der Waals surface area contributed by atoms with Crippen LogP contribution in [0, 0.1) is 0 Å². The molecule has 1 amide bonds. The van der Waals surface area contributed by atoms with E-state index in [2.05, 4.69) is 15.2 Å². The molecule has 1 N–H and O–H groups in total. The van der Waals surface area contributed by atoms with Crippen LogP contribution in [0.15, 0.2) is 36.5 Å². The van der Waals surface area contributed by atoms with Gasteiger partial charge in [-0.2, -0.15) is 13.2 Å². The summed E-state index contributed by atoms with van der Waals surface area (Å²) in [6.45, 7) is 0.445. The number of anilines is 2. The fourth-order valence-electron chi connectivity index (χ4n) is 3.29. The number of hydrogen-bond acceptors (Lipinski definition) is 5. The second-order valence-corrected chi connectivity index (χ2v) is 7.01. The second-order valence-electron chi connectivity index (χ2n) is 7.01. The smallest absolute Gasteiger partial charge is 0.422 e. The highest BCUT2D eigenvalue weighted by atomic mass is 19.4. The summed E-state index contributed by atoms with van der Waals surface area (Å²) in [5.74, 6) is 0.811. The van der Waals surface area contributed by atoms with Crippen LogP contribution in [0.2, 0.25) is 0 Å². The van der Waals surface area contributed by atoms with E-state index in [0.29, 0.717) is 12.1 Å². The van der Waals surface area contributed by atoms with Gasteiger partial charge in [0.2, 0.25) is 5.91 Å². The summed E-state index contributed by atoms with van der Waals surface area (Å²) in [7, 11) is 1.36. The molecule has 0 unspecified atom stereocenters. The number of pyridine rings is 1. The molecular weight excluding hydrogens is 399 g/mol. The van der Waals surface area contributed by atoms with Gasteiger partial charge in [-0.25, -0.2) is 4.98 Å². The van der Waals surface area contributed by atoms with E-state index in [9.17, 15) is 18.0 Å². The molecule has 0 saturated carbocycles. The predicted molar refractivity (Wildman–Crippen MR) is 107 cm³/mol. The van der Waals surface area contributed by atoms with Crippen molar-refractivity contribution in [2.45, 2.75) is 31.9 Å². The Morgan fingerprint density at radius 2 is 1.97 bits per heavy atom. The second kappa shape index (κ2) is 9.69. The van der Waals surface area contributed by atoms with Crippen molar-refractivity contribution in [1.29, 1.82) is 0 Å². The lowest BCUT2D eigenvalue weighted by Crippen LogP contribution is -2.22. The molecule has 1 saturated heterocycles. The number of aryl methyl sites for hydroxylation is 1. The van der Waals surface area contributed by atoms with Crippen molar-refractivity contribution < 1.29 is 27.4 Å². The van der Waals surface area contributed by atoms with Crippen molar-refractivity contribution in [3.8, 4) is 11.5 Å². The molecule has 30 heavy (non-hydrogen) atoms. The van der Waals surface area contributed by atoms with Gasteiger partial charge < -0.3 is 19.7 Å². The highest BCUT2D eigenvalue weighted by molar-refractivity contribution is 5.93. The molecule has 162 valence electrons. The Bertz CT molecular complexity index is 868. The quantitative estimate of drug-likeness (QED) is 0.690. The van der Waals surface area contributed by atoms with Gasteiger partial charge in [0.1, 0.15) is 0 Å². The minimum absolute atomic E-state index is 0.00800. The van der Waals surface area contributed by atoms with Crippen LogP contribution in [-0.2, 0) is 11.2 Å². The molecule has 0 spiro atoms. The number of benzene rings is 1. The largest absolute Gasteiger partial charge is 0.493 e. The molecule has 1 aliphatic rings. The number of carbonyl (C=O) groups is 1. The zero-order chi connectivity index (χ0) is 21.6. The monoisotopic (exact) mass is 423 g/mol. The molecule has 1 fully saturated rings. The molecule has 0 bridgehead atoms. The maximum absolute atomic E-state index is 12.4. The number of nitrogens with one attached hydrogen (secondary N) is 1. The standard InChI is InChI=1S/C21H24F3N3O3/c1-29-18-13-15(6-8-17(18)30-14-21(22,23)24)7-9-19(28)26-16-5-4-10-25-20(16)27-11-2-3-12-27/h4-6,8,10,13H,2-3,7,9,11-12,14H2,1H3,(H,26,28). The minimum atomic E-state index is -4.43. The maximum Gasteiger partial charge on any atom is 0.422 e. The van der Waals surface area contributed by atoms with Gasteiger partial charge in [-0.3, -0.25) is 4.79 Å². The number of hydrogen-bond donors (Lipinski definition) is 1. The Balaban J connectivity index is 1.58. The number of alkyl halides is 3. The van der Waals surface area contributed by atoms with Crippen molar-refractivity contribution in [2.24, 2.45) is 0 Å². The van der Waals surface area contributed by atoms with Crippen LogP contribution in [0.1, 0.15) is 24.8 Å². The van der Waals surface area contributed by atoms with E-state index in [1.807, 2.05) is 6.07 Å². The van der Waals surface area contributed by atoms with E-state index in [1.165, 1.54) is 13.2 Å². The highest BCUT2D eigenvalue weighted by Crippen LogP contribution is 2.30. The first-order chi connectivity index (χ1) is 14.4. The van der Waals surface area contributed by atoms with Gasteiger partial charge in [0.15, 0.2) is 23.9 Å². The predicted octanol–water partition coefficient (Wildman–Crippen LogP) is 4.20. The molecule has 1 aromatic carbocycles. The van der Waals surface area contributed by atoms with Crippen molar-refractivity contribution in [3.05, 3.63) is 42.1 Å². The van der Waals surface area contributed by atoms with Gasteiger partial charge in [-0.05, 0) is 49.1 Å². The third-order valence-corrected chi connectivity index (χ3v) is 4.73. The average molecular weight is 423 g/mol. The lowest BCUT2D eigenvalue weighted by Gasteiger charge is -2.20. The van der Waals surface area contributed by atoms with Gasteiger partial charge in [0, 0.05) is 25.7 Å². The molecule has 6 nitrogen and oxygen atoms in total. The van der Waals surface area contributed by atoms with E-state index in [1.54, 1.807) is 24.4 Å². The summed E-state index contributed by atoms with van der Waals surface area (Å²) < 4.78 is 47.0. The molecular formula is C21H24F3N3O3. The first-order valence-corrected chi connectivity index (χ1v) is 9.72. The first-order valence-electron chi connectivity index (χ1n) is 9.72. The van der Waals surface area contributed by atoms with E-state index in [0.717, 1.165) is 37.3 Å². The van der Waals surface area contributed by atoms with E-state index < -0.39 is 12.8 Å². The lowest BCUT2D eigenvalue weighted by molar-refractivity contribution is -0.153. The van der Waals surface area contributed by atoms with Crippen LogP contribution in [0.5, 0.6) is 11.5 Å². The van der Waals surface area contributed by atoms with Crippen LogP contribution < -0.4 is 19.7 Å². The zero-order valence-electron chi connectivity index (χ0n) is 16.7. The summed E-state index contributed by atoms with van der Waals surface area (Å²) in [5, 5.41) is 2.91. The average Bonchev–Trinajstić information content (AvgIpc) is 3.25. The van der Waals surface area contributed by atoms with Gasteiger partial charge >= 0.3 is 6.18 Å². The Morgan fingerprint density at radius 3 is 2.67 bits per heavy atom. The van der Waals surface area contributed by atoms with E-state index in [4.69, 9.17) is 9.47 Å². The topological polar surface area (TPSA) is 63.7 Å². The Labute approximate surface area is 173 Å². The molecule has 2 heterocycles. The fourth-order valence-corrected chi connectivity index (χ4v) is 3.29. The number of halogens is 3. The van der Waals surface area contributed by atoms with Crippen molar-refractivity contribution >= 4 is 17.4 Å². The Hall–Kier alpha value is -2.97. The van der Waals surface area contributed by atoms with Crippen LogP contribution in [-0.4, -0.2) is 43.9 Å². The van der Waals surface area contributed by atoms with Gasteiger partial charge in [-0.1, -0.05) is 6.07 Å². The lowest BCUT2D eigenvalue weighted by atomic mass is 10.1. The summed E-state index contributed by atoms with van der Waals surface area (Å²) in [6.07, 6.45) is 0.101. The molecule has 0 atom stereocenters. The van der Waals surface area contributed by atoms with Crippen molar-refractivity contribution in [2.75, 3.05) is 37.0 Å². The normalized spacial score (nSPS) is 13.9. The summed E-state index contributed by atoms with van der Waals surface area (Å²) in [4.78, 5) is 19.0. The SMILES string of the molecule is COc1cc(CCC(=O)Nc2cccnc2N2CCCC2)ccc1OCC(F)(F)F. The molecule has 1 aromatic heterocycles. The zero-order valence-corrected chi connectivity index (χ0v) is 16.7. The fraction of sp³-hybridized carbons (Fsp3) is 0.429. The maximum atomic E-state index is 12.4. The third kappa shape index (κ3) is 6.01. The molecule has 0 radical (unpaired) electrons. The van der Waals surface area contributed by atoms with Crippen LogP contribution in [0.3, 0.4) is 0 Å². The number of nitrogens with zero attached hydrogens (tertiary/aromatic N) is 2. The summed E-state index contributed by atoms with van der Waals surface area (Å²) >= 11 is 0.